The average molecular weight is 443 g/mol. The van der Waals surface area contributed by atoms with Crippen LogP contribution in [-0.2, 0) is 10.1 Å². The number of fused-ring (bicyclic) bond motifs is 1. The van der Waals surface area contributed by atoms with Crippen molar-refractivity contribution < 1.29 is 26.9 Å². The van der Waals surface area contributed by atoms with Crippen LogP contribution in [0.3, 0.4) is 0 Å². The van der Waals surface area contributed by atoms with Crippen molar-refractivity contribution in [2.75, 3.05) is 7.11 Å². The van der Waals surface area contributed by atoms with Gasteiger partial charge in [0.05, 0.1) is 12.7 Å². The summed E-state index contributed by atoms with van der Waals surface area (Å²) in [6.45, 7) is 0. The molecule has 0 saturated carbocycles. The Morgan fingerprint density at radius 2 is 1.67 bits per heavy atom. The zero-order valence-electron chi connectivity index (χ0n) is 15.7. The van der Waals surface area contributed by atoms with Crippen LogP contribution in [0.5, 0.6) is 17.2 Å². The highest BCUT2D eigenvalue weighted by Crippen LogP contribution is 2.36. The van der Waals surface area contributed by atoms with Gasteiger partial charge in [-0.2, -0.15) is 8.42 Å². The van der Waals surface area contributed by atoms with Crippen molar-refractivity contribution in [3.63, 3.8) is 0 Å². The van der Waals surface area contributed by atoms with Crippen LogP contribution in [0.4, 0.5) is 0 Å². The molecule has 3 aromatic rings. The lowest BCUT2D eigenvalue weighted by molar-refractivity contribution is 0.101. The normalized spacial score (nSPS) is 14.3. The Kier molecular flexibility index (Phi) is 5.24. The minimum Gasteiger partial charge on any atom is -0.497 e. The number of rotatable bonds is 5. The molecule has 30 heavy (non-hydrogen) atoms. The third-order valence-corrected chi connectivity index (χ3v) is 5.99. The number of ketones is 1. The molecule has 0 fully saturated rings. The first-order chi connectivity index (χ1) is 14.4. The maximum atomic E-state index is 12.6. The SMILES string of the molecule is COc1ccc(S(=O)(=O)Oc2ccc3c(c2)OC(=Cc2ccccc2Cl)C3=O)cc1. The number of methoxy groups -OCH3 is 1. The van der Waals surface area contributed by atoms with E-state index in [1.165, 1.54) is 49.6 Å². The fourth-order valence-corrected chi connectivity index (χ4v) is 3.98. The fraction of sp³-hybridized carbons (Fsp3) is 0.0455. The highest BCUT2D eigenvalue weighted by atomic mass is 35.5. The second kappa shape index (κ2) is 7.85. The third-order valence-electron chi connectivity index (χ3n) is 4.39. The van der Waals surface area contributed by atoms with Gasteiger partial charge >= 0.3 is 10.1 Å². The van der Waals surface area contributed by atoms with Crippen molar-refractivity contribution in [3.8, 4) is 17.2 Å². The lowest BCUT2D eigenvalue weighted by Gasteiger charge is -2.08. The largest absolute Gasteiger partial charge is 0.497 e. The maximum Gasteiger partial charge on any atom is 0.339 e. The quantitative estimate of drug-likeness (QED) is 0.419. The van der Waals surface area contributed by atoms with Crippen LogP contribution in [0.2, 0.25) is 5.02 Å². The number of benzene rings is 3. The molecule has 8 heteroatoms. The Labute approximate surface area is 178 Å². The van der Waals surface area contributed by atoms with E-state index in [0.29, 0.717) is 21.9 Å². The number of Topliss-reactive ketones (excluding diaryl/α,β-unsaturated/α-hetero) is 1. The fourth-order valence-electron chi connectivity index (χ4n) is 2.87. The molecule has 0 atom stereocenters. The summed E-state index contributed by atoms with van der Waals surface area (Å²) < 4.78 is 40.9. The molecular weight excluding hydrogens is 428 g/mol. The Morgan fingerprint density at radius 1 is 0.967 bits per heavy atom. The van der Waals surface area contributed by atoms with Crippen molar-refractivity contribution in [1.29, 1.82) is 0 Å². The van der Waals surface area contributed by atoms with Crippen LogP contribution < -0.4 is 13.7 Å². The third kappa shape index (κ3) is 3.90. The molecule has 0 aromatic heterocycles. The van der Waals surface area contributed by atoms with E-state index in [-0.39, 0.29) is 27.9 Å². The van der Waals surface area contributed by atoms with Crippen LogP contribution in [0.1, 0.15) is 15.9 Å². The number of carbonyl (C=O) groups is 1. The van der Waals surface area contributed by atoms with Gasteiger partial charge in [0.25, 0.3) is 0 Å². The summed E-state index contributed by atoms with van der Waals surface area (Å²) in [5.41, 5.74) is 0.941. The Morgan fingerprint density at radius 3 is 2.37 bits per heavy atom. The second-order valence-corrected chi connectivity index (χ2v) is 8.29. The number of hydrogen-bond acceptors (Lipinski definition) is 6. The molecule has 0 aliphatic carbocycles. The van der Waals surface area contributed by atoms with Crippen molar-refractivity contribution in [2.24, 2.45) is 0 Å². The molecule has 0 N–H and O–H groups in total. The number of hydrogen-bond donors (Lipinski definition) is 0. The summed E-state index contributed by atoms with van der Waals surface area (Å²) >= 11 is 6.13. The predicted octanol–water partition coefficient (Wildman–Crippen LogP) is 4.73. The lowest BCUT2D eigenvalue weighted by Crippen LogP contribution is -2.09. The Bertz CT molecular complexity index is 1260. The van der Waals surface area contributed by atoms with Crippen molar-refractivity contribution in [2.45, 2.75) is 4.90 Å². The predicted molar refractivity (Wildman–Crippen MR) is 112 cm³/mol. The van der Waals surface area contributed by atoms with Crippen molar-refractivity contribution in [1.82, 2.24) is 0 Å². The van der Waals surface area contributed by atoms with E-state index in [9.17, 15) is 13.2 Å². The number of ether oxygens (including phenoxy) is 2. The Hall–Kier alpha value is -3.29. The van der Waals surface area contributed by atoms with Gasteiger partial charge < -0.3 is 13.7 Å². The van der Waals surface area contributed by atoms with Crippen LogP contribution >= 0.6 is 11.6 Å². The van der Waals surface area contributed by atoms with E-state index in [1.54, 1.807) is 30.3 Å². The van der Waals surface area contributed by atoms with Crippen LogP contribution in [0.15, 0.2) is 77.4 Å². The molecule has 3 aromatic carbocycles. The molecule has 0 saturated heterocycles. The van der Waals surface area contributed by atoms with E-state index in [1.807, 2.05) is 0 Å². The maximum absolute atomic E-state index is 12.6. The minimum atomic E-state index is -4.07. The van der Waals surface area contributed by atoms with E-state index >= 15 is 0 Å². The molecule has 6 nitrogen and oxygen atoms in total. The zero-order valence-corrected chi connectivity index (χ0v) is 17.2. The molecule has 0 spiro atoms. The van der Waals surface area contributed by atoms with Gasteiger partial charge in [-0.15, -0.1) is 0 Å². The van der Waals surface area contributed by atoms with E-state index < -0.39 is 10.1 Å². The van der Waals surface area contributed by atoms with Gasteiger partial charge in [-0.3, -0.25) is 4.79 Å². The van der Waals surface area contributed by atoms with E-state index in [2.05, 4.69) is 0 Å². The number of halogens is 1. The number of carbonyl (C=O) groups excluding carboxylic acids is 1. The van der Waals surface area contributed by atoms with Gasteiger partial charge in [0.15, 0.2) is 5.76 Å². The molecular formula is C22H15ClO6S. The van der Waals surface area contributed by atoms with Crippen LogP contribution in [-0.4, -0.2) is 21.3 Å². The monoisotopic (exact) mass is 442 g/mol. The first-order valence-corrected chi connectivity index (χ1v) is 10.6. The zero-order chi connectivity index (χ0) is 21.3. The summed E-state index contributed by atoms with van der Waals surface area (Å²) in [6, 6.07) is 17.1. The van der Waals surface area contributed by atoms with Gasteiger partial charge in [-0.1, -0.05) is 29.8 Å². The van der Waals surface area contributed by atoms with Crippen molar-refractivity contribution >= 4 is 33.6 Å². The topological polar surface area (TPSA) is 78.9 Å². The molecule has 1 aliphatic heterocycles. The molecule has 1 heterocycles. The number of allylic oxidation sites excluding steroid dienone is 1. The molecule has 0 amide bonds. The van der Waals surface area contributed by atoms with Gasteiger partial charge in [0.2, 0.25) is 5.78 Å². The standard InChI is InChI=1S/C22H15ClO6S/c1-27-15-6-9-17(10-7-15)30(25,26)29-16-8-11-18-20(13-16)28-21(22(18)24)12-14-4-2-3-5-19(14)23/h2-13H,1H3. The Balaban J connectivity index is 1.59. The summed E-state index contributed by atoms with van der Waals surface area (Å²) in [5, 5.41) is 0.479. The highest BCUT2D eigenvalue weighted by Gasteiger charge is 2.29. The molecule has 0 bridgehead atoms. The van der Waals surface area contributed by atoms with Crippen LogP contribution in [0.25, 0.3) is 6.08 Å². The smallest absolute Gasteiger partial charge is 0.339 e. The summed E-state index contributed by atoms with van der Waals surface area (Å²) in [4.78, 5) is 12.6. The molecule has 1 aliphatic rings. The molecule has 0 radical (unpaired) electrons. The van der Waals surface area contributed by atoms with Gasteiger partial charge in [0.1, 0.15) is 22.1 Å². The first-order valence-electron chi connectivity index (χ1n) is 8.79. The lowest BCUT2D eigenvalue weighted by atomic mass is 10.1. The molecule has 0 unspecified atom stereocenters. The van der Waals surface area contributed by atoms with Gasteiger partial charge in [0, 0.05) is 11.1 Å². The highest BCUT2D eigenvalue weighted by molar-refractivity contribution is 7.87. The average Bonchev–Trinajstić information content (AvgIpc) is 3.04. The van der Waals surface area contributed by atoms with Gasteiger partial charge in [-0.05, 0) is 54.1 Å². The van der Waals surface area contributed by atoms with Crippen molar-refractivity contribution in [3.05, 3.63) is 88.6 Å². The second-order valence-electron chi connectivity index (χ2n) is 6.33. The minimum absolute atomic E-state index is 0.0244. The van der Waals surface area contributed by atoms with E-state index in [4.69, 9.17) is 25.3 Å². The summed E-state index contributed by atoms with van der Waals surface area (Å²) in [6.07, 6.45) is 1.54. The molecule has 4 rings (SSSR count). The summed E-state index contributed by atoms with van der Waals surface area (Å²) in [5.74, 6) is 0.524. The molecule has 152 valence electrons. The van der Waals surface area contributed by atoms with Gasteiger partial charge in [-0.25, -0.2) is 0 Å². The first kappa shape index (κ1) is 20.0. The summed E-state index contributed by atoms with van der Waals surface area (Å²) in [7, 11) is -2.58. The van der Waals surface area contributed by atoms with Crippen LogP contribution in [0, 0.1) is 0 Å². The van der Waals surface area contributed by atoms with E-state index in [0.717, 1.165) is 0 Å².